The molecule has 1 aliphatic heterocycles. The maximum atomic E-state index is 6.17. The van der Waals surface area contributed by atoms with Crippen molar-refractivity contribution in [3.05, 3.63) is 145 Å². The SMILES string of the molecule is C1=Cc2c(oc3ccc(N(c4ccc(-c5ccccc5)cc4)c4ccc5c(ccc6ccccc65)c4)cc23)CN1. The van der Waals surface area contributed by atoms with Crippen LogP contribution in [0.1, 0.15) is 11.3 Å². The van der Waals surface area contributed by atoms with Gasteiger partial charge in [0.2, 0.25) is 0 Å². The quantitative estimate of drug-likeness (QED) is 0.237. The van der Waals surface area contributed by atoms with E-state index in [1.165, 1.54) is 32.7 Å². The van der Waals surface area contributed by atoms with Gasteiger partial charge in [0.15, 0.2) is 0 Å². The van der Waals surface area contributed by atoms with Crippen LogP contribution in [-0.2, 0) is 6.54 Å². The third-order valence-corrected chi connectivity index (χ3v) is 7.89. The number of nitrogens with zero attached hydrogens (tertiary/aromatic N) is 1. The number of furan rings is 1. The molecule has 0 aliphatic carbocycles. The molecule has 2 heterocycles. The normalized spacial score (nSPS) is 12.5. The molecule has 0 radical (unpaired) electrons. The summed E-state index contributed by atoms with van der Waals surface area (Å²) in [6.45, 7) is 0.707. The Morgan fingerprint density at radius 1 is 0.550 bits per heavy atom. The lowest BCUT2D eigenvalue weighted by Gasteiger charge is -2.26. The van der Waals surface area contributed by atoms with Gasteiger partial charge in [-0.1, -0.05) is 84.9 Å². The van der Waals surface area contributed by atoms with E-state index in [4.69, 9.17) is 4.42 Å². The lowest BCUT2D eigenvalue weighted by atomic mass is 10.0. The third-order valence-electron chi connectivity index (χ3n) is 7.89. The summed E-state index contributed by atoms with van der Waals surface area (Å²) in [6, 6.07) is 45.7. The van der Waals surface area contributed by atoms with Gasteiger partial charge in [-0.15, -0.1) is 0 Å². The van der Waals surface area contributed by atoms with Gasteiger partial charge in [0.05, 0.1) is 6.54 Å². The van der Waals surface area contributed by atoms with Gasteiger partial charge in [0, 0.05) is 28.0 Å². The molecular formula is C37H26N2O. The molecule has 8 rings (SSSR count). The zero-order valence-electron chi connectivity index (χ0n) is 21.8. The topological polar surface area (TPSA) is 28.4 Å². The summed E-state index contributed by atoms with van der Waals surface area (Å²) >= 11 is 0. The fourth-order valence-electron chi connectivity index (χ4n) is 5.92. The average molecular weight is 515 g/mol. The van der Waals surface area contributed by atoms with Gasteiger partial charge in [-0.05, 0) is 87.4 Å². The highest BCUT2D eigenvalue weighted by Crippen LogP contribution is 2.40. The minimum atomic E-state index is 0.707. The van der Waals surface area contributed by atoms with Crippen LogP contribution in [0.25, 0.3) is 49.7 Å². The van der Waals surface area contributed by atoms with Gasteiger partial charge in [-0.3, -0.25) is 0 Å². The molecule has 40 heavy (non-hydrogen) atoms. The first-order valence-electron chi connectivity index (χ1n) is 13.6. The Morgan fingerprint density at radius 2 is 1.25 bits per heavy atom. The van der Waals surface area contributed by atoms with Gasteiger partial charge in [0.25, 0.3) is 0 Å². The Hall–Kier alpha value is -5.28. The van der Waals surface area contributed by atoms with E-state index < -0.39 is 0 Å². The minimum Gasteiger partial charge on any atom is -0.459 e. The van der Waals surface area contributed by atoms with Crippen molar-refractivity contribution < 1.29 is 4.42 Å². The van der Waals surface area contributed by atoms with Gasteiger partial charge in [-0.2, -0.15) is 0 Å². The Kier molecular flexibility index (Phi) is 5.20. The van der Waals surface area contributed by atoms with Gasteiger partial charge in [-0.25, -0.2) is 0 Å². The maximum Gasteiger partial charge on any atom is 0.135 e. The highest BCUT2D eigenvalue weighted by atomic mass is 16.3. The van der Waals surface area contributed by atoms with Crippen molar-refractivity contribution in [1.82, 2.24) is 5.32 Å². The molecule has 3 heteroatoms. The fraction of sp³-hybridized carbons (Fsp3) is 0.0270. The van der Waals surface area contributed by atoms with Gasteiger partial charge in [0.1, 0.15) is 11.3 Å². The molecule has 3 nitrogen and oxygen atoms in total. The van der Waals surface area contributed by atoms with Crippen LogP contribution in [0.3, 0.4) is 0 Å². The molecule has 1 N–H and O–H groups in total. The van der Waals surface area contributed by atoms with E-state index >= 15 is 0 Å². The van der Waals surface area contributed by atoms with Crippen LogP contribution in [0.4, 0.5) is 17.1 Å². The number of hydrogen-bond acceptors (Lipinski definition) is 3. The number of hydrogen-bond donors (Lipinski definition) is 1. The van der Waals surface area contributed by atoms with Crippen LogP contribution in [0, 0.1) is 0 Å². The summed E-state index contributed by atoms with van der Waals surface area (Å²) in [6.07, 6.45) is 4.10. The van der Waals surface area contributed by atoms with Crippen molar-refractivity contribution >= 4 is 55.7 Å². The van der Waals surface area contributed by atoms with Gasteiger partial charge >= 0.3 is 0 Å². The first kappa shape index (κ1) is 22.7. The Labute approximate surface area is 232 Å². The Bertz CT molecular complexity index is 2050. The second kappa shape index (κ2) is 9.18. The van der Waals surface area contributed by atoms with Crippen molar-refractivity contribution in [2.24, 2.45) is 0 Å². The summed E-state index contributed by atoms with van der Waals surface area (Å²) in [5.74, 6) is 0.978. The highest BCUT2D eigenvalue weighted by Gasteiger charge is 2.19. The lowest BCUT2D eigenvalue weighted by Crippen LogP contribution is -2.10. The van der Waals surface area contributed by atoms with E-state index in [1.54, 1.807) is 0 Å². The van der Waals surface area contributed by atoms with Crippen LogP contribution in [-0.4, -0.2) is 0 Å². The summed E-state index contributed by atoms with van der Waals surface area (Å²) in [4.78, 5) is 2.34. The van der Waals surface area contributed by atoms with E-state index in [2.05, 4.69) is 144 Å². The van der Waals surface area contributed by atoms with E-state index in [0.717, 1.165) is 39.4 Å². The lowest BCUT2D eigenvalue weighted by molar-refractivity contribution is 0.532. The largest absolute Gasteiger partial charge is 0.459 e. The number of nitrogens with one attached hydrogen (secondary N) is 1. The Balaban J connectivity index is 1.30. The maximum absolute atomic E-state index is 6.17. The average Bonchev–Trinajstić information content (AvgIpc) is 3.40. The van der Waals surface area contributed by atoms with E-state index in [1.807, 2.05) is 6.20 Å². The molecular weight excluding hydrogens is 488 g/mol. The predicted octanol–water partition coefficient (Wildman–Crippen LogP) is 9.95. The van der Waals surface area contributed by atoms with Gasteiger partial charge < -0.3 is 14.6 Å². The molecule has 6 aromatic carbocycles. The van der Waals surface area contributed by atoms with Crippen LogP contribution in [0.2, 0.25) is 0 Å². The second-order valence-electron chi connectivity index (χ2n) is 10.3. The third kappa shape index (κ3) is 3.75. The van der Waals surface area contributed by atoms with Crippen molar-refractivity contribution in [3.8, 4) is 11.1 Å². The monoisotopic (exact) mass is 514 g/mol. The number of benzene rings is 6. The smallest absolute Gasteiger partial charge is 0.135 e. The van der Waals surface area contributed by atoms with Crippen LogP contribution in [0.5, 0.6) is 0 Å². The molecule has 0 spiro atoms. The molecule has 0 amide bonds. The predicted molar refractivity (Wildman–Crippen MR) is 167 cm³/mol. The molecule has 0 unspecified atom stereocenters. The molecule has 0 atom stereocenters. The molecule has 1 aliphatic rings. The number of rotatable bonds is 4. The van der Waals surface area contributed by atoms with Crippen molar-refractivity contribution in [2.45, 2.75) is 6.54 Å². The van der Waals surface area contributed by atoms with Crippen LogP contribution < -0.4 is 10.2 Å². The first-order chi connectivity index (χ1) is 19.8. The summed E-state index contributed by atoms with van der Waals surface area (Å²) < 4.78 is 6.17. The summed E-state index contributed by atoms with van der Waals surface area (Å²) in [5, 5.41) is 9.40. The molecule has 1 aromatic heterocycles. The van der Waals surface area contributed by atoms with E-state index in [0.29, 0.717) is 6.54 Å². The summed E-state index contributed by atoms with van der Waals surface area (Å²) in [5.41, 5.74) is 7.79. The molecule has 0 saturated carbocycles. The number of fused-ring (bicyclic) bond motifs is 6. The zero-order chi connectivity index (χ0) is 26.5. The molecule has 0 fully saturated rings. The molecule has 7 aromatic rings. The molecule has 0 bridgehead atoms. The minimum absolute atomic E-state index is 0.707. The molecule has 190 valence electrons. The number of anilines is 3. The van der Waals surface area contributed by atoms with Crippen LogP contribution in [0.15, 0.2) is 138 Å². The molecule has 0 saturated heterocycles. The van der Waals surface area contributed by atoms with Crippen molar-refractivity contribution in [1.29, 1.82) is 0 Å². The van der Waals surface area contributed by atoms with Crippen LogP contribution >= 0.6 is 0 Å². The Morgan fingerprint density at radius 3 is 2.15 bits per heavy atom. The standard InChI is InChI=1S/C37H26N2O/c1-2-6-25(7-3-1)26-12-14-29(15-13-26)39(31-17-19-36-35(23-31)34-20-21-38-24-37(34)40-36)30-16-18-33-28(22-30)11-10-27-8-4-5-9-32(27)33/h1-23,38H,24H2. The fourth-order valence-corrected chi connectivity index (χ4v) is 5.92. The van der Waals surface area contributed by atoms with E-state index in [9.17, 15) is 0 Å². The van der Waals surface area contributed by atoms with Crippen molar-refractivity contribution in [2.75, 3.05) is 4.90 Å². The first-order valence-corrected chi connectivity index (χ1v) is 13.6. The highest BCUT2D eigenvalue weighted by molar-refractivity contribution is 6.08. The zero-order valence-corrected chi connectivity index (χ0v) is 21.8. The van der Waals surface area contributed by atoms with E-state index in [-0.39, 0.29) is 0 Å². The summed E-state index contributed by atoms with van der Waals surface area (Å²) in [7, 11) is 0. The van der Waals surface area contributed by atoms with Crippen molar-refractivity contribution in [3.63, 3.8) is 0 Å². The second-order valence-corrected chi connectivity index (χ2v) is 10.3.